The highest BCUT2D eigenvalue weighted by atomic mass is 32.2. The third-order valence-electron chi connectivity index (χ3n) is 5.91. The molecule has 0 aliphatic rings. The Labute approximate surface area is 215 Å². The van der Waals surface area contributed by atoms with E-state index in [4.69, 9.17) is 10.5 Å². The lowest BCUT2D eigenvalue weighted by molar-refractivity contribution is -0.148. The summed E-state index contributed by atoms with van der Waals surface area (Å²) in [6.45, 7) is 5.27. The summed E-state index contributed by atoms with van der Waals surface area (Å²) in [5, 5.41) is 8.94. The number of ether oxygens (including phenoxy) is 1. The minimum absolute atomic E-state index is 0.0186. The van der Waals surface area contributed by atoms with Crippen LogP contribution in [0.25, 0.3) is 10.9 Å². The van der Waals surface area contributed by atoms with Gasteiger partial charge in [-0.15, -0.1) is 0 Å². The smallest absolute Gasteiger partial charge is 0.328 e. The summed E-state index contributed by atoms with van der Waals surface area (Å²) in [4.78, 5) is 52.4. The molecule has 0 aliphatic carbocycles. The molecule has 2 rings (SSSR count). The molecule has 1 aromatic heterocycles. The van der Waals surface area contributed by atoms with Crippen molar-refractivity contribution in [1.29, 1.82) is 0 Å². The molecule has 0 bridgehead atoms. The number of nitrogens with two attached hydrogens (primary N) is 1. The summed E-state index contributed by atoms with van der Waals surface area (Å²) >= 11 is 1.58. The highest BCUT2D eigenvalue weighted by Gasteiger charge is 2.28. The van der Waals surface area contributed by atoms with E-state index in [1.807, 2.05) is 44.4 Å². The zero-order valence-corrected chi connectivity index (χ0v) is 22.0. The fourth-order valence-corrected chi connectivity index (χ4v) is 4.06. The van der Waals surface area contributed by atoms with Crippen molar-refractivity contribution in [3.05, 3.63) is 36.0 Å². The Morgan fingerprint density at radius 1 is 1.14 bits per heavy atom. The number of hydrogen-bond acceptors (Lipinski definition) is 7. The van der Waals surface area contributed by atoms with Gasteiger partial charge in [0, 0.05) is 23.5 Å². The quantitative estimate of drug-likeness (QED) is 0.174. The Kier molecular flexibility index (Phi) is 11.7. The Morgan fingerprint density at radius 2 is 1.86 bits per heavy atom. The van der Waals surface area contributed by atoms with Crippen LogP contribution in [0.5, 0.6) is 0 Å². The number of thioether (sulfide) groups is 1. The summed E-state index contributed by atoms with van der Waals surface area (Å²) in [5.74, 6) is -0.831. The van der Waals surface area contributed by atoms with Gasteiger partial charge in [0.05, 0.1) is 12.1 Å². The molecule has 0 aliphatic heterocycles. The number of aromatic nitrogens is 1. The van der Waals surface area contributed by atoms with Crippen LogP contribution in [-0.2, 0) is 30.3 Å². The van der Waals surface area contributed by atoms with E-state index in [2.05, 4.69) is 20.9 Å². The lowest BCUT2D eigenvalue weighted by Gasteiger charge is -2.23. The minimum atomic E-state index is -0.964. The first-order valence-corrected chi connectivity index (χ1v) is 13.3. The molecular weight excluding hydrogens is 482 g/mol. The fraction of sp³-hybridized carbons (Fsp3) is 0.520. The summed E-state index contributed by atoms with van der Waals surface area (Å²) in [6.07, 6.45) is 4.97. The van der Waals surface area contributed by atoms with Crippen molar-refractivity contribution in [3.8, 4) is 0 Å². The molecule has 1 unspecified atom stereocenters. The van der Waals surface area contributed by atoms with Crippen LogP contribution in [0, 0.1) is 5.92 Å². The Bertz CT molecular complexity index is 1030. The molecule has 4 atom stereocenters. The van der Waals surface area contributed by atoms with Crippen LogP contribution < -0.4 is 21.7 Å². The molecule has 0 radical (unpaired) electrons. The minimum Gasteiger partial charge on any atom is -0.462 e. The van der Waals surface area contributed by atoms with Crippen molar-refractivity contribution in [2.24, 2.45) is 11.7 Å². The first-order valence-electron chi connectivity index (χ1n) is 11.9. The maximum Gasteiger partial charge on any atom is 0.328 e. The zero-order chi connectivity index (χ0) is 26.7. The molecule has 3 amide bonds. The molecule has 0 fully saturated rings. The second-order valence-electron chi connectivity index (χ2n) is 9.01. The number of hydrogen-bond donors (Lipinski definition) is 5. The predicted molar refractivity (Wildman–Crippen MR) is 141 cm³/mol. The van der Waals surface area contributed by atoms with E-state index in [0.29, 0.717) is 18.6 Å². The average molecular weight is 520 g/mol. The molecule has 198 valence electrons. The molecule has 10 nitrogen and oxygen atoms in total. The van der Waals surface area contributed by atoms with Crippen molar-refractivity contribution < 1.29 is 23.9 Å². The second-order valence-corrected chi connectivity index (χ2v) is 9.99. The van der Waals surface area contributed by atoms with Crippen LogP contribution in [0.15, 0.2) is 30.5 Å². The van der Waals surface area contributed by atoms with Gasteiger partial charge in [0.25, 0.3) is 0 Å². The van der Waals surface area contributed by atoms with Gasteiger partial charge in [-0.3, -0.25) is 14.4 Å². The maximum atomic E-state index is 13.2. The molecule has 11 heteroatoms. The number of nitrogens with one attached hydrogen (secondary N) is 4. The number of esters is 1. The van der Waals surface area contributed by atoms with E-state index in [1.165, 1.54) is 6.92 Å². The summed E-state index contributed by atoms with van der Waals surface area (Å²) in [6, 6.07) is 4.64. The second kappa shape index (κ2) is 14.5. The summed E-state index contributed by atoms with van der Waals surface area (Å²) < 4.78 is 5.30. The SMILES string of the molecule is CSCC[C@H](N)C(=O)N[C@@H](Cc1c[nH]c2ccccc12)C(=O)N[C@@H](C)C(=O)OCC(NC=O)C(C)C. The highest BCUT2D eigenvalue weighted by Crippen LogP contribution is 2.19. The molecule has 0 spiro atoms. The molecule has 0 saturated carbocycles. The van der Waals surface area contributed by atoms with Gasteiger partial charge in [0.1, 0.15) is 18.7 Å². The molecular formula is C25H37N5O5S. The number of para-hydroxylation sites is 1. The molecule has 6 N–H and O–H groups in total. The number of carbonyl (C=O) groups excluding carboxylic acids is 4. The molecule has 1 aromatic carbocycles. The first kappa shape index (κ1) is 29.2. The third kappa shape index (κ3) is 8.56. The lowest BCUT2D eigenvalue weighted by Crippen LogP contribution is -2.55. The van der Waals surface area contributed by atoms with Crippen LogP contribution in [0.4, 0.5) is 0 Å². The van der Waals surface area contributed by atoms with Gasteiger partial charge in [0.2, 0.25) is 18.2 Å². The van der Waals surface area contributed by atoms with E-state index in [-0.39, 0.29) is 25.0 Å². The molecule has 0 saturated heterocycles. The van der Waals surface area contributed by atoms with Crippen LogP contribution in [0.1, 0.15) is 32.8 Å². The van der Waals surface area contributed by atoms with E-state index < -0.39 is 35.9 Å². The first-order chi connectivity index (χ1) is 17.2. The number of benzene rings is 1. The summed E-state index contributed by atoms with van der Waals surface area (Å²) in [7, 11) is 0. The number of amides is 3. The Morgan fingerprint density at radius 3 is 2.53 bits per heavy atom. The Balaban J connectivity index is 2.11. The largest absolute Gasteiger partial charge is 0.462 e. The average Bonchev–Trinajstić information content (AvgIpc) is 3.26. The van der Waals surface area contributed by atoms with Gasteiger partial charge in [0.15, 0.2) is 0 Å². The fourth-order valence-electron chi connectivity index (χ4n) is 3.57. The van der Waals surface area contributed by atoms with Crippen molar-refractivity contribution in [3.63, 3.8) is 0 Å². The number of rotatable bonds is 15. The van der Waals surface area contributed by atoms with Crippen molar-refractivity contribution in [1.82, 2.24) is 20.9 Å². The topological polar surface area (TPSA) is 155 Å². The molecule has 36 heavy (non-hydrogen) atoms. The van der Waals surface area contributed by atoms with Crippen molar-refractivity contribution >= 4 is 46.9 Å². The Hall–Kier alpha value is -3.05. The lowest BCUT2D eigenvalue weighted by atomic mass is 10.0. The third-order valence-corrected chi connectivity index (χ3v) is 6.55. The zero-order valence-electron chi connectivity index (χ0n) is 21.2. The van der Waals surface area contributed by atoms with Crippen LogP contribution in [-0.4, -0.2) is 72.0 Å². The van der Waals surface area contributed by atoms with E-state index >= 15 is 0 Å². The maximum absolute atomic E-state index is 13.2. The highest BCUT2D eigenvalue weighted by molar-refractivity contribution is 7.98. The number of aromatic amines is 1. The van der Waals surface area contributed by atoms with Crippen LogP contribution >= 0.6 is 11.8 Å². The van der Waals surface area contributed by atoms with Crippen molar-refractivity contribution in [2.75, 3.05) is 18.6 Å². The van der Waals surface area contributed by atoms with Gasteiger partial charge in [-0.25, -0.2) is 4.79 Å². The van der Waals surface area contributed by atoms with Gasteiger partial charge in [-0.1, -0.05) is 32.0 Å². The number of fused-ring (bicyclic) bond motifs is 1. The standard InChI is InChI=1S/C25H37N5O5S/c1-15(2)22(28-14-31)13-35-25(34)16(3)29-24(33)21(30-23(32)19(26)9-10-36-4)11-17-12-27-20-8-6-5-7-18(17)20/h5-8,12,14-16,19,21-22,27H,9-11,13,26H2,1-4H3,(H,28,31)(H,29,33)(H,30,32)/t16-,19-,21-,22?/m0/s1. The molecule has 1 heterocycles. The van der Waals surface area contributed by atoms with Gasteiger partial charge >= 0.3 is 5.97 Å². The van der Waals surface area contributed by atoms with Crippen LogP contribution in [0.2, 0.25) is 0 Å². The van der Waals surface area contributed by atoms with E-state index in [9.17, 15) is 19.2 Å². The van der Waals surface area contributed by atoms with Gasteiger partial charge < -0.3 is 31.4 Å². The number of carbonyl (C=O) groups is 4. The van der Waals surface area contributed by atoms with Crippen LogP contribution in [0.3, 0.4) is 0 Å². The monoisotopic (exact) mass is 519 g/mol. The van der Waals surface area contributed by atoms with E-state index in [0.717, 1.165) is 16.5 Å². The van der Waals surface area contributed by atoms with Gasteiger partial charge in [-0.2, -0.15) is 11.8 Å². The number of H-pyrrole nitrogens is 1. The van der Waals surface area contributed by atoms with E-state index in [1.54, 1.807) is 18.0 Å². The normalized spacial score (nSPS) is 14.5. The predicted octanol–water partition coefficient (Wildman–Crippen LogP) is 1.09. The van der Waals surface area contributed by atoms with Crippen molar-refractivity contribution in [2.45, 2.75) is 57.8 Å². The van der Waals surface area contributed by atoms with Gasteiger partial charge in [-0.05, 0) is 42.9 Å². The summed E-state index contributed by atoms with van der Waals surface area (Å²) in [5.41, 5.74) is 7.77. The molecule has 2 aromatic rings.